The number of esters is 1. The number of aliphatic imine (C=N–C) groups is 1. The van der Waals surface area contributed by atoms with Gasteiger partial charge in [-0.15, -0.1) is 0 Å². The van der Waals surface area contributed by atoms with Gasteiger partial charge in [-0.05, 0) is 67.1 Å². The Balaban J connectivity index is 1.50. The Bertz CT molecular complexity index is 1460. The predicted octanol–water partition coefficient (Wildman–Crippen LogP) is 6.81. The zero-order valence-electron chi connectivity index (χ0n) is 22.6. The van der Waals surface area contributed by atoms with Gasteiger partial charge in [-0.25, -0.2) is 4.79 Å². The maximum absolute atomic E-state index is 13.9. The van der Waals surface area contributed by atoms with Crippen molar-refractivity contribution in [2.45, 2.75) is 44.9 Å². The Morgan fingerprint density at radius 3 is 2.45 bits per heavy atom. The SMILES string of the molecule is CCOc1cc([C@@H]2C(C(=O)OCCc3ccccc3)=C(C)N=C3C[C@@H](c4ccc(Cl)cc4)CC(=O)C32)ccc1O. The van der Waals surface area contributed by atoms with Crippen molar-refractivity contribution < 1.29 is 24.2 Å². The van der Waals surface area contributed by atoms with Crippen LogP contribution in [-0.4, -0.2) is 35.8 Å². The Hall–Kier alpha value is -3.90. The molecule has 6 nitrogen and oxygen atoms in total. The summed E-state index contributed by atoms with van der Waals surface area (Å²) >= 11 is 6.09. The van der Waals surface area contributed by atoms with Gasteiger partial charge in [0.15, 0.2) is 11.5 Å². The average molecular weight is 558 g/mol. The highest BCUT2D eigenvalue weighted by molar-refractivity contribution is 6.30. The van der Waals surface area contributed by atoms with E-state index >= 15 is 0 Å². The zero-order chi connectivity index (χ0) is 28.2. The van der Waals surface area contributed by atoms with E-state index in [0.717, 1.165) is 16.8 Å². The lowest BCUT2D eigenvalue weighted by Gasteiger charge is -2.38. The highest BCUT2D eigenvalue weighted by Crippen LogP contribution is 2.47. The standard InChI is InChI=1S/C33H32ClNO5/c1-3-39-29-19-23(11-14-27(29)36)31-30(33(38)40-16-15-21-7-5-4-6-8-21)20(2)35-26-17-24(18-28(37)32(26)31)22-9-12-25(34)13-10-22/h4-14,19,24,31-32,36H,3,15-18H2,1-2H3/t24-,31-,32?/m1/s1. The molecule has 3 atom stereocenters. The molecule has 1 N–H and O–H groups in total. The van der Waals surface area contributed by atoms with Gasteiger partial charge in [0.1, 0.15) is 5.78 Å². The number of halogens is 1. The summed E-state index contributed by atoms with van der Waals surface area (Å²) < 4.78 is 11.4. The second kappa shape index (κ2) is 12.1. The molecule has 3 aromatic rings. The molecule has 0 radical (unpaired) electrons. The number of phenolic OH excluding ortho intramolecular Hbond substituents is 1. The van der Waals surface area contributed by atoms with Crippen LogP contribution < -0.4 is 4.74 Å². The van der Waals surface area contributed by atoms with E-state index in [9.17, 15) is 14.7 Å². The minimum Gasteiger partial charge on any atom is -0.504 e. The summed E-state index contributed by atoms with van der Waals surface area (Å²) in [6.45, 7) is 4.20. The molecule has 1 aliphatic heterocycles. The maximum atomic E-state index is 13.9. The molecule has 0 saturated heterocycles. The number of phenols is 1. The van der Waals surface area contributed by atoms with Crippen molar-refractivity contribution in [2.24, 2.45) is 10.9 Å². The van der Waals surface area contributed by atoms with Crippen LogP contribution in [0.5, 0.6) is 11.5 Å². The van der Waals surface area contributed by atoms with Crippen molar-refractivity contribution in [3.63, 3.8) is 0 Å². The number of benzene rings is 3. The first-order valence-corrected chi connectivity index (χ1v) is 14.0. The number of carbonyl (C=O) groups is 2. The molecule has 2 aliphatic rings. The number of carbonyl (C=O) groups excluding carboxylic acids is 2. The number of allylic oxidation sites excluding steroid dienone is 1. The number of ketones is 1. The summed E-state index contributed by atoms with van der Waals surface area (Å²) in [7, 11) is 0. The fourth-order valence-corrected chi connectivity index (χ4v) is 5.88. The van der Waals surface area contributed by atoms with E-state index in [-0.39, 0.29) is 24.1 Å². The lowest BCUT2D eigenvalue weighted by molar-refractivity contribution is -0.139. The summed E-state index contributed by atoms with van der Waals surface area (Å²) in [5, 5.41) is 11.0. The number of hydrogen-bond donors (Lipinski definition) is 1. The Labute approximate surface area is 239 Å². The van der Waals surface area contributed by atoms with E-state index < -0.39 is 17.8 Å². The van der Waals surface area contributed by atoms with E-state index in [1.165, 1.54) is 0 Å². The fraction of sp³-hybridized carbons (Fsp3) is 0.303. The molecule has 40 heavy (non-hydrogen) atoms. The average Bonchev–Trinajstić information content (AvgIpc) is 2.94. The Morgan fingerprint density at radius 2 is 1.73 bits per heavy atom. The molecule has 3 aromatic carbocycles. The van der Waals surface area contributed by atoms with E-state index in [0.29, 0.717) is 53.5 Å². The largest absolute Gasteiger partial charge is 0.504 e. The monoisotopic (exact) mass is 557 g/mol. The first kappa shape index (κ1) is 27.7. The third-order valence-corrected chi connectivity index (χ3v) is 7.88. The van der Waals surface area contributed by atoms with Crippen molar-refractivity contribution in [2.75, 3.05) is 13.2 Å². The molecule has 1 fully saturated rings. The van der Waals surface area contributed by atoms with Crippen LogP contribution in [0.15, 0.2) is 89.1 Å². The molecule has 7 heteroatoms. The number of fused-ring (bicyclic) bond motifs is 1. The van der Waals surface area contributed by atoms with E-state index in [1.54, 1.807) is 25.1 Å². The lowest BCUT2D eigenvalue weighted by Crippen LogP contribution is -2.41. The minimum atomic E-state index is -0.608. The Morgan fingerprint density at radius 1 is 1.00 bits per heavy atom. The van der Waals surface area contributed by atoms with Gasteiger partial charge in [0.2, 0.25) is 0 Å². The first-order valence-electron chi connectivity index (χ1n) is 13.6. The quantitative estimate of drug-likeness (QED) is 0.308. The van der Waals surface area contributed by atoms with Crippen molar-refractivity contribution in [1.29, 1.82) is 0 Å². The predicted molar refractivity (Wildman–Crippen MR) is 155 cm³/mol. The molecule has 0 aromatic heterocycles. The number of aromatic hydroxyl groups is 1. The molecule has 5 rings (SSSR count). The normalized spacial score (nSPS) is 20.5. The van der Waals surface area contributed by atoms with Crippen molar-refractivity contribution in [1.82, 2.24) is 0 Å². The van der Waals surface area contributed by atoms with Crippen LogP contribution in [0, 0.1) is 5.92 Å². The number of Topliss-reactive ketones (excluding diaryl/α,β-unsaturated/α-hetero) is 1. The van der Waals surface area contributed by atoms with Crippen LogP contribution in [0.1, 0.15) is 55.2 Å². The molecular weight excluding hydrogens is 526 g/mol. The van der Waals surface area contributed by atoms with Gasteiger partial charge in [0.25, 0.3) is 0 Å². The van der Waals surface area contributed by atoms with Crippen molar-refractivity contribution >= 4 is 29.1 Å². The molecule has 0 bridgehead atoms. The minimum absolute atomic E-state index is 0.000706. The van der Waals surface area contributed by atoms with Gasteiger partial charge >= 0.3 is 5.97 Å². The van der Waals surface area contributed by atoms with Gasteiger partial charge < -0.3 is 14.6 Å². The van der Waals surface area contributed by atoms with Crippen LogP contribution in [0.4, 0.5) is 0 Å². The van der Waals surface area contributed by atoms with Crippen molar-refractivity contribution in [3.8, 4) is 11.5 Å². The fourth-order valence-electron chi connectivity index (χ4n) is 5.75. The smallest absolute Gasteiger partial charge is 0.336 e. The summed E-state index contributed by atoms with van der Waals surface area (Å²) in [5.74, 6) is -1.39. The number of ether oxygens (including phenoxy) is 2. The van der Waals surface area contributed by atoms with E-state index in [4.69, 9.17) is 26.1 Å². The van der Waals surface area contributed by atoms with Crippen LogP contribution in [-0.2, 0) is 20.7 Å². The highest BCUT2D eigenvalue weighted by Gasteiger charge is 2.46. The van der Waals surface area contributed by atoms with E-state index in [1.807, 2.05) is 61.5 Å². The van der Waals surface area contributed by atoms with Crippen LogP contribution in [0.25, 0.3) is 0 Å². The van der Waals surface area contributed by atoms with Crippen LogP contribution >= 0.6 is 11.6 Å². The van der Waals surface area contributed by atoms with E-state index in [2.05, 4.69) is 0 Å². The lowest BCUT2D eigenvalue weighted by atomic mass is 9.66. The Kier molecular flexibility index (Phi) is 8.36. The number of nitrogens with zero attached hydrogens (tertiary/aromatic N) is 1. The van der Waals surface area contributed by atoms with Gasteiger partial charge in [-0.2, -0.15) is 0 Å². The molecule has 1 heterocycles. The maximum Gasteiger partial charge on any atom is 0.336 e. The topological polar surface area (TPSA) is 85.2 Å². The van der Waals surface area contributed by atoms with Crippen LogP contribution in [0.2, 0.25) is 5.02 Å². The summed E-state index contributed by atoms with van der Waals surface area (Å²) in [6, 6.07) is 22.4. The van der Waals surface area contributed by atoms with Gasteiger partial charge in [0.05, 0.1) is 24.7 Å². The molecule has 0 amide bonds. The summed E-state index contributed by atoms with van der Waals surface area (Å²) in [5.41, 5.74) is 4.46. The van der Waals surface area contributed by atoms with Crippen molar-refractivity contribution in [3.05, 3.63) is 106 Å². The molecule has 0 spiro atoms. The third-order valence-electron chi connectivity index (χ3n) is 7.63. The van der Waals surface area contributed by atoms with Gasteiger partial charge in [-0.1, -0.05) is 60.1 Å². The van der Waals surface area contributed by atoms with Gasteiger partial charge in [0, 0.05) is 35.2 Å². The second-order valence-electron chi connectivity index (χ2n) is 10.2. The second-order valence-corrected chi connectivity index (χ2v) is 10.6. The summed E-state index contributed by atoms with van der Waals surface area (Å²) in [4.78, 5) is 32.3. The third kappa shape index (κ3) is 5.82. The van der Waals surface area contributed by atoms with Crippen LogP contribution in [0.3, 0.4) is 0 Å². The first-order chi connectivity index (χ1) is 19.4. The number of rotatable bonds is 8. The highest BCUT2D eigenvalue weighted by atomic mass is 35.5. The zero-order valence-corrected chi connectivity index (χ0v) is 23.4. The summed E-state index contributed by atoms with van der Waals surface area (Å²) in [6.07, 6.45) is 1.50. The molecule has 1 unspecified atom stereocenters. The molecular formula is C33H32ClNO5. The number of hydrogen-bond acceptors (Lipinski definition) is 6. The molecule has 1 aliphatic carbocycles. The molecule has 1 saturated carbocycles. The van der Waals surface area contributed by atoms with Gasteiger partial charge in [-0.3, -0.25) is 9.79 Å². The molecule has 206 valence electrons.